The molecule has 5 N–H and O–H groups in total. The topological polar surface area (TPSA) is 123 Å². The van der Waals surface area contributed by atoms with Gasteiger partial charge in [-0.05, 0) is 25.9 Å². The Kier molecular flexibility index (Phi) is 11.0. The van der Waals surface area contributed by atoms with E-state index in [1.807, 2.05) is 0 Å². The molecule has 1 aliphatic heterocycles. The Labute approximate surface area is 150 Å². The number of ether oxygens (including phenoxy) is 2. The summed E-state index contributed by atoms with van der Waals surface area (Å²) in [5.74, 6) is 0. The normalized spacial score (nSPS) is 31.4. The second kappa shape index (κ2) is 12.1. The van der Waals surface area contributed by atoms with Crippen molar-refractivity contribution in [3.05, 3.63) is 0 Å². The molecule has 1 fully saturated rings. The van der Waals surface area contributed by atoms with Crippen molar-refractivity contribution in [2.24, 2.45) is 0 Å². The first kappa shape index (κ1) is 22.7. The zero-order chi connectivity index (χ0) is 18.8. The van der Waals surface area contributed by atoms with Crippen molar-refractivity contribution in [1.29, 1.82) is 0 Å². The lowest BCUT2D eigenvalue weighted by molar-refractivity contribution is -0.304. The van der Waals surface area contributed by atoms with Gasteiger partial charge in [0.25, 0.3) is 0 Å². The van der Waals surface area contributed by atoms with E-state index in [0.29, 0.717) is 6.54 Å². The van der Waals surface area contributed by atoms with Crippen molar-refractivity contribution < 1.29 is 35.0 Å². The highest BCUT2D eigenvalue weighted by atomic mass is 16.7. The van der Waals surface area contributed by atoms with Gasteiger partial charge in [0.2, 0.25) is 0 Å². The fourth-order valence-electron chi connectivity index (χ4n) is 2.82. The van der Waals surface area contributed by atoms with E-state index in [2.05, 4.69) is 18.7 Å². The van der Waals surface area contributed by atoms with Gasteiger partial charge in [0.05, 0.1) is 19.3 Å². The second-order valence-electron chi connectivity index (χ2n) is 6.69. The molecule has 1 heterocycles. The molecule has 25 heavy (non-hydrogen) atoms. The standard InChI is InChI=1S/C17H35NO7/c1-3-5-7-18(8-6-4-2)9-12(20)11-24-17-16(23)15(22)14(21)13(10-19)25-17/h12-17,19-23H,3-11H2,1-2H3/t12?,13-,14+,15+,16-,17-/m1/s1. The molecule has 0 aromatic heterocycles. The van der Waals surface area contributed by atoms with Gasteiger partial charge in [-0.3, -0.25) is 0 Å². The van der Waals surface area contributed by atoms with Crippen LogP contribution in [0.15, 0.2) is 0 Å². The molecule has 0 saturated carbocycles. The van der Waals surface area contributed by atoms with E-state index in [4.69, 9.17) is 14.6 Å². The van der Waals surface area contributed by atoms with Crippen molar-refractivity contribution in [3.63, 3.8) is 0 Å². The number of aliphatic hydroxyl groups excluding tert-OH is 5. The molecular weight excluding hydrogens is 330 g/mol. The molecule has 6 atom stereocenters. The molecule has 0 spiro atoms. The highest BCUT2D eigenvalue weighted by Crippen LogP contribution is 2.22. The van der Waals surface area contributed by atoms with Crippen LogP contribution in [0.4, 0.5) is 0 Å². The Bertz CT molecular complexity index is 337. The van der Waals surface area contributed by atoms with Crippen molar-refractivity contribution in [1.82, 2.24) is 4.90 Å². The minimum absolute atomic E-state index is 0.0720. The third-order valence-corrected chi connectivity index (χ3v) is 4.43. The van der Waals surface area contributed by atoms with E-state index in [1.165, 1.54) is 0 Å². The number of hydrogen-bond donors (Lipinski definition) is 5. The minimum Gasteiger partial charge on any atom is -0.394 e. The lowest BCUT2D eigenvalue weighted by Gasteiger charge is -2.39. The van der Waals surface area contributed by atoms with Crippen LogP contribution in [-0.4, -0.2) is 100 Å². The quantitative estimate of drug-likeness (QED) is 0.300. The summed E-state index contributed by atoms with van der Waals surface area (Å²) < 4.78 is 10.6. The van der Waals surface area contributed by atoms with Crippen LogP contribution in [0, 0.1) is 0 Å². The summed E-state index contributed by atoms with van der Waals surface area (Å²) in [6.07, 6.45) is -3.02. The van der Waals surface area contributed by atoms with E-state index in [-0.39, 0.29) is 6.61 Å². The molecule has 0 aliphatic carbocycles. The third kappa shape index (κ3) is 7.44. The van der Waals surface area contributed by atoms with Gasteiger partial charge in [-0.2, -0.15) is 0 Å². The van der Waals surface area contributed by atoms with Crippen LogP contribution < -0.4 is 0 Å². The van der Waals surface area contributed by atoms with Gasteiger partial charge in [-0.15, -0.1) is 0 Å². The molecule has 150 valence electrons. The molecular formula is C17H35NO7. The molecule has 0 bridgehead atoms. The van der Waals surface area contributed by atoms with Gasteiger partial charge in [0.1, 0.15) is 24.4 Å². The molecule has 8 heteroatoms. The van der Waals surface area contributed by atoms with Crippen LogP contribution >= 0.6 is 0 Å². The van der Waals surface area contributed by atoms with Crippen LogP contribution in [0.1, 0.15) is 39.5 Å². The van der Waals surface area contributed by atoms with E-state index in [9.17, 15) is 20.4 Å². The lowest BCUT2D eigenvalue weighted by Crippen LogP contribution is -2.59. The molecule has 1 aliphatic rings. The molecule has 0 amide bonds. The van der Waals surface area contributed by atoms with Crippen LogP contribution in [0.25, 0.3) is 0 Å². The van der Waals surface area contributed by atoms with E-state index >= 15 is 0 Å². The van der Waals surface area contributed by atoms with Gasteiger partial charge in [-0.1, -0.05) is 26.7 Å². The van der Waals surface area contributed by atoms with Crippen LogP contribution in [-0.2, 0) is 9.47 Å². The fourth-order valence-corrected chi connectivity index (χ4v) is 2.82. The number of rotatable bonds is 12. The van der Waals surface area contributed by atoms with Gasteiger partial charge in [0, 0.05) is 6.54 Å². The predicted octanol–water partition coefficient (Wildman–Crippen LogP) is -0.934. The minimum atomic E-state index is -1.47. The van der Waals surface area contributed by atoms with Crippen LogP contribution in [0.3, 0.4) is 0 Å². The summed E-state index contributed by atoms with van der Waals surface area (Å²) >= 11 is 0. The van der Waals surface area contributed by atoms with Crippen molar-refractivity contribution >= 4 is 0 Å². The summed E-state index contributed by atoms with van der Waals surface area (Å²) in [7, 11) is 0. The monoisotopic (exact) mass is 365 g/mol. The maximum atomic E-state index is 10.2. The largest absolute Gasteiger partial charge is 0.394 e. The summed E-state index contributed by atoms with van der Waals surface area (Å²) in [6.45, 7) is 5.94. The number of aliphatic hydroxyl groups is 5. The SMILES string of the molecule is CCCCN(CCCC)CC(O)CO[C@@H]1O[C@H](CO)[C@H](O)[C@H](O)[C@H]1O. The average Bonchev–Trinajstić information content (AvgIpc) is 2.61. The van der Waals surface area contributed by atoms with Crippen LogP contribution in [0.5, 0.6) is 0 Å². The molecule has 0 aromatic carbocycles. The van der Waals surface area contributed by atoms with Gasteiger partial charge in [-0.25, -0.2) is 0 Å². The first-order valence-electron chi connectivity index (χ1n) is 9.27. The Morgan fingerprint density at radius 1 is 1.00 bits per heavy atom. The number of unbranched alkanes of at least 4 members (excludes halogenated alkanes) is 2. The second-order valence-corrected chi connectivity index (χ2v) is 6.69. The smallest absolute Gasteiger partial charge is 0.186 e. The van der Waals surface area contributed by atoms with Gasteiger partial charge in [0.15, 0.2) is 6.29 Å². The highest BCUT2D eigenvalue weighted by molar-refractivity contribution is 4.89. The molecule has 0 aromatic rings. The average molecular weight is 365 g/mol. The van der Waals surface area contributed by atoms with Gasteiger partial charge < -0.3 is 39.9 Å². The molecule has 1 rings (SSSR count). The fraction of sp³-hybridized carbons (Fsp3) is 1.00. The Morgan fingerprint density at radius 3 is 2.12 bits per heavy atom. The van der Waals surface area contributed by atoms with E-state index in [1.54, 1.807) is 0 Å². The summed E-state index contributed by atoms with van der Waals surface area (Å²) in [4.78, 5) is 2.19. The maximum Gasteiger partial charge on any atom is 0.186 e. The Morgan fingerprint density at radius 2 is 1.60 bits per heavy atom. The van der Waals surface area contributed by atoms with Gasteiger partial charge >= 0.3 is 0 Å². The van der Waals surface area contributed by atoms with Crippen molar-refractivity contribution in [2.45, 2.75) is 76.3 Å². The highest BCUT2D eigenvalue weighted by Gasteiger charge is 2.44. The lowest BCUT2D eigenvalue weighted by atomic mass is 9.99. The van der Waals surface area contributed by atoms with E-state index in [0.717, 1.165) is 38.8 Å². The van der Waals surface area contributed by atoms with Crippen molar-refractivity contribution in [3.8, 4) is 0 Å². The zero-order valence-electron chi connectivity index (χ0n) is 15.3. The summed E-state index contributed by atoms with van der Waals surface area (Å²) in [5.41, 5.74) is 0. The summed E-state index contributed by atoms with van der Waals surface area (Å²) in [6, 6.07) is 0. The zero-order valence-corrected chi connectivity index (χ0v) is 15.3. The predicted molar refractivity (Wildman–Crippen MR) is 92.0 cm³/mol. The Hall–Kier alpha value is -0.320. The number of nitrogens with zero attached hydrogens (tertiary/aromatic N) is 1. The molecule has 1 saturated heterocycles. The van der Waals surface area contributed by atoms with E-state index < -0.39 is 43.4 Å². The molecule has 8 nitrogen and oxygen atoms in total. The summed E-state index contributed by atoms with van der Waals surface area (Å²) in [5, 5.41) is 48.7. The van der Waals surface area contributed by atoms with Crippen molar-refractivity contribution in [2.75, 3.05) is 32.8 Å². The number of hydrogen-bond acceptors (Lipinski definition) is 8. The molecule has 1 unspecified atom stereocenters. The first-order valence-corrected chi connectivity index (χ1v) is 9.27. The Balaban J connectivity index is 2.45. The van der Waals surface area contributed by atoms with Crippen LogP contribution in [0.2, 0.25) is 0 Å². The third-order valence-electron chi connectivity index (χ3n) is 4.43. The molecule has 0 radical (unpaired) electrons. The maximum absolute atomic E-state index is 10.2. The first-order chi connectivity index (χ1) is 11.9.